The lowest BCUT2D eigenvalue weighted by Gasteiger charge is -2.16. The van der Waals surface area contributed by atoms with Crippen LogP contribution >= 0.6 is 0 Å². The Morgan fingerprint density at radius 2 is 1.27 bits per heavy atom. The molecule has 0 saturated carbocycles. The summed E-state index contributed by atoms with van der Waals surface area (Å²) in [5, 5.41) is 10.1. The van der Waals surface area contributed by atoms with Gasteiger partial charge in [-0.1, -0.05) is 91.0 Å². The summed E-state index contributed by atoms with van der Waals surface area (Å²) in [7, 11) is 0. The second-order valence-electron chi connectivity index (χ2n) is 6.48. The van der Waals surface area contributed by atoms with Crippen LogP contribution in [0.2, 0.25) is 0 Å². The highest BCUT2D eigenvalue weighted by atomic mass is 16.5. The number of benzene rings is 3. The number of carboxylic acid groups (broad SMARTS) is 1. The van der Waals surface area contributed by atoms with Crippen LogP contribution in [0, 0.1) is 0 Å². The Kier molecular flexibility index (Phi) is 6.95. The van der Waals surface area contributed by atoms with Gasteiger partial charge in [0.1, 0.15) is 0 Å². The molecule has 0 heterocycles. The van der Waals surface area contributed by atoms with Crippen LogP contribution in [0.25, 0.3) is 11.6 Å². The van der Waals surface area contributed by atoms with Gasteiger partial charge in [0.15, 0.2) is 0 Å². The van der Waals surface area contributed by atoms with Gasteiger partial charge < -0.3 is 9.84 Å². The summed E-state index contributed by atoms with van der Waals surface area (Å²) in [4.78, 5) is 25.4. The number of esters is 1. The first-order valence-corrected chi connectivity index (χ1v) is 9.64. The van der Waals surface area contributed by atoms with Crippen molar-refractivity contribution in [2.24, 2.45) is 0 Å². The molecule has 4 heteroatoms. The smallest absolute Gasteiger partial charge is 0.339 e. The molecule has 3 rings (SSSR count). The predicted molar refractivity (Wildman–Crippen MR) is 118 cm³/mol. The zero-order chi connectivity index (χ0) is 21.3. The van der Waals surface area contributed by atoms with Crippen LogP contribution in [0.15, 0.2) is 102 Å². The van der Waals surface area contributed by atoms with Crippen molar-refractivity contribution < 1.29 is 19.4 Å². The Balaban J connectivity index is 2.38. The van der Waals surface area contributed by atoms with Gasteiger partial charge in [0.25, 0.3) is 0 Å². The molecule has 3 aromatic carbocycles. The molecule has 0 fully saturated rings. The SMILES string of the molecule is CCOC(=O)C(=C(c1ccccc1)c1ccccc1)/C(=C\c1ccccc1)C(=O)O. The largest absolute Gasteiger partial charge is 0.478 e. The minimum atomic E-state index is -1.20. The van der Waals surface area contributed by atoms with E-state index in [0.29, 0.717) is 11.1 Å². The number of aliphatic carboxylic acids is 1. The minimum Gasteiger partial charge on any atom is -0.478 e. The zero-order valence-electron chi connectivity index (χ0n) is 16.6. The number of carboxylic acids is 1. The highest BCUT2D eigenvalue weighted by Crippen LogP contribution is 2.32. The van der Waals surface area contributed by atoms with Crippen LogP contribution < -0.4 is 0 Å². The number of carbonyl (C=O) groups excluding carboxylic acids is 1. The van der Waals surface area contributed by atoms with Crippen LogP contribution in [-0.4, -0.2) is 23.7 Å². The molecule has 0 aliphatic carbocycles. The first-order valence-electron chi connectivity index (χ1n) is 9.64. The number of hydrogen-bond acceptors (Lipinski definition) is 3. The Hall–Kier alpha value is -3.92. The molecule has 0 aliphatic rings. The average Bonchev–Trinajstić information content (AvgIpc) is 2.78. The van der Waals surface area contributed by atoms with Gasteiger partial charge in [-0.3, -0.25) is 0 Å². The van der Waals surface area contributed by atoms with E-state index in [1.165, 1.54) is 6.08 Å². The van der Waals surface area contributed by atoms with Crippen molar-refractivity contribution >= 4 is 23.6 Å². The molecule has 3 aromatic rings. The summed E-state index contributed by atoms with van der Waals surface area (Å²) in [6, 6.07) is 27.6. The minimum absolute atomic E-state index is 0.0191. The molecule has 1 N–H and O–H groups in total. The maximum atomic E-state index is 13.1. The van der Waals surface area contributed by atoms with E-state index in [2.05, 4.69) is 0 Å². The summed E-state index contributed by atoms with van der Waals surface area (Å²) in [5.41, 5.74) is 2.54. The first-order chi connectivity index (χ1) is 14.6. The molecule has 0 aromatic heterocycles. The van der Waals surface area contributed by atoms with Crippen molar-refractivity contribution in [1.82, 2.24) is 0 Å². The summed E-state index contributed by atoms with van der Waals surface area (Å²) in [6.07, 6.45) is 1.50. The molecule has 0 bridgehead atoms. The number of hydrogen-bond donors (Lipinski definition) is 1. The first kappa shape index (κ1) is 20.8. The third-order valence-corrected chi connectivity index (χ3v) is 4.46. The highest BCUT2D eigenvalue weighted by Gasteiger charge is 2.27. The molecule has 0 atom stereocenters. The van der Waals surface area contributed by atoms with E-state index in [-0.39, 0.29) is 17.8 Å². The lowest BCUT2D eigenvalue weighted by Crippen LogP contribution is -2.17. The third-order valence-electron chi connectivity index (χ3n) is 4.46. The quantitative estimate of drug-likeness (QED) is 0.337. The average molecular weight is 398 g/mol. The van der Waals surface area contributed by atoms with E-state index in [1.54, 1.807) is 19.1 Å². The van der Waals surface area contributed by atoms with Gasteiger partial charge in [-0.05, 0) is 29.7 Å². The van der Waals surface area contributed by atoms with Crippen molar-refractivity contribution in [3.05, 3.63) is 119 Å². The molecule has 0 aliphatic heterocycles. The molecule has 0 amide bonds. The second-order valence-corrected chi connectivity index (χ2v) is 6.48. The molecular weight excluding hydrogens is 376 g/mol. The lowest BCUT2D eigenvalue weighted by molar-refractivity contribution is -0.140. The predicted octanol–water partition coefficient (Wildman–Crippen LogP) is 5.22. The van der Waals surface area contributed by atoms with Crippen molar-refractivity contribution in [3.63, 3.8) is 0 Å². The third kappa shape index (κ3) is 4.92. The van der Waals surface area contributed by atoms with Gasteiger partial charge in [0.05, 0.1) is 17.8 Å². The van der Waals surface area contributed by atoms with E-state index in [1.807, 2.05) is 78.9 Å². The molecule has 0 saturated heterocycles. The van der Waals surface area contributed by atoms with Crippen LogP contribution in [0.5, 0.6) is 0 Å². The van der Waals surface area contributed by atoms with E-state index < -0.39 is 11.9 Å². The van der Waals surface area contributed by atoms with E-state index in [4.69, 9.17) is 4.74 Å². The van der Waals surface area contributed by atoms with Gasteiger partial charge in [0.2, 0.25) is 0 Å². The second kappa shape index (κ2) is 10.0. The zero-order valence-corrected chi connectivity index (χ0v) is 16.6. The summed E-state index contributed by atoms with van der Waals surface area (Å²) in [6.45, 7) is 1.83. The van der Waals surface area contributed by atoms with Crippen molar-refractivity contribution in [2.45, 2.75) is 6.92 Å². The molecule has 30 heavy (non-hydrogen) atoms. The normalized spacial score (nSPS) is 10.9. The van der Waals surface area contributed by atoms with Gasteiger partial charge in [0, 0.05) is 5.57 Å². The van der Waals surface area contributed by atoms with Crippen molar-refractivity contribution in [2.75, 3.05) is 6.61 Å². The number of carbonyl (C=O) groups is 2. The van der Waals surface area contributed by atoms with Crippen LogP contribution in [0.3, 0.4) is 0 Å². The topological polar surface area (TPSA) is 63.6 Å². The van der Waals surface area contributed by atoms with E-state index in [0.717, 1.165) is 11.1 Å². The Morgan fingerprint density at radius 3 is 1.70 bits per heavy atom. The molecule has 0 spiro atoms. The fourth-order valence-electron chi connectivity index (χ4n) is 3.17. The maximum Gasteiger partial charge on any atom is 0.339 e. The summed E-state index contributed by atoms with van der Waals surface area (Å²) < 4.78 is 5.30. The van der Waals surface area contributed by atoms with Gasteiger partial charge in [-0.2, -0.15) is 0 Å². The fourth-order valence-corrected chi connectivity index (χ4v) is 3.17. The molecule has 4 nitrogen and oxygen atoms in total. The van der Waals surface area contributed by atoms with E-state index >= 15 is 0 Å². The van der Waals surface area contributed by atoms with Crippen molar-refractivity contribution in [1.29, 1.82) is 0 Å². The molecule has 150 valence electrons. The van der Waals surface area contributed by atoms with Crippen molar-refractivity contribution in [3.8, 4) is 0 Å². The summed E-state index contributed by atoms with van der Waals surface area (Å²) >= 11 is 0. The standard InChI is InChI=1S/C26H22O4/c1-2-30-26(29)24(22(25(27)28)18-19-12-6-3-7-13-19)23(20-14-8-4-9-15-20)21-16-10-5-11-17-21/h3-18H,2H2,1H3,(H,27,28)/b22-18+. The van der Waals surface area contributed by atoms with E-state index in [9.17, 15) is 14.7 Å². The van der Waals surface area contributed by atoms with Gasteiger partial charge in [-0.25, -0.2) is 9.59 Å². The van der Waals surface area contributed by atoms with Crippen LogP contribution in [0.4, 0.5) is 0 Å². The number of ether oxygens (including phenoxy) is 1. The fraction of sp³-hybridized carbons (Fsp3) is 0.0769. The molecular formula is C26H22O4. The maximum absolute atomic E-state index is 13.1. The molecule has 0 unspecified atom stereocenters. The lowest BCUT2D eigenvalue weighted by atomic mass is 9.88. The van der Waals surface area contributed by atoms with Crippen LogP contribution in [-0.2, 0) is 14.3 Å². The Bertz CT molecular complexity index is 1020. The van der Waals surface area contributed by atoms with Gasteiger partial charge in [-0.15, -0.1) is 0 Å². The number of rotatable bonds is 7. The van der Waals surface area contributed by atoms with Gasteiger partial charge >= 0.3 is 11.9 Å². The Morgan fingerprint density at radius 1 is 0.800 bits per heavy atom. The van der Waals surface area contributed by atoms with Crippen LogP contribution in [0.1, 0.15) is 23.6 Å². The Labute approximate surface area is 175 Å². The summed E-state index contributed by atoms with van der Waals surface area (Å²) in [5.74, 6) is -1.88. The monoisotopic (exact) mass is 398 g/mol. The molecule has 0 radical (unpaired) electrons. The highest BCUT2D eigenvalue weighted by molar-refractivity contribution is 6.16.